The summed E-state index contributed by atoms with van der Waals surface area (Å²) in [5.74, 6) is 0. The van der Waals surface area contributed by atoms with Gasteiger partial charge >= 0.3 is 6.18 Å². The van der Waals surface area contributed by atoms with Crippen LogP contribution in [-0.4, -0.2) is 46.5 Å². The molecule has 2 N–H and O–H groups in total. The van der Waals surface area contributed by atoms with E-state index in [0.29, 0.717) is 12.6 Å². The Hall–Kier alpha value is -1.32. The number of anilines is 1. The highest BCUT2D eigenvalue weighted by Crippen LogP contribution is 2.41. The van der Waals surface area contributed by atoms with E-state index in [1.165, 1.54) is 11.0 Å². The largest absolute Gasteiger partial charge is 0.418 e. The van der Waals surface area contributed by atoms with E-state index < -0.39 is 26.7 Å². The van der Waals surface area contributed by atoms with E-state index in [4.69, 9.17) is 5.14 Å². The SMILES string of the molecule is CN(CC1(N(C)C)CCC1)c1ccc(S(N)(=O)=O)cc1C(F)(F)F. The Bertz CT molecular complexity index is 713. The second kappa shape index (κ2) is 6.20. The summed E-state index contributed by atoms with van der Waals surface area (Å²) in [5, 5.41) is 4.95. The first-order valence-corrected chi connectivity index (χ1v) is 9.04. The van der Waals surface area contributed by atoms with Gasteiger partial charge in [0.1, 0.15) is 0 Å². The summed E-state index contributed by atoms with van der Waals surface area (Å²) in [5.41, 5.74) is -1.20. The molecular weight excluding hydrogens is 343 g/mol. The average molecular weight is 365 g/mol. The molecule has 24 heavy (non-hydrogen) atoms. The highest BCUT2D eigenvalue weighted by atomic mass is 32.2. The molecule has 1 aliphatic rings. The third-order valence-corrected chi connectivity index (χ3v) is 5.69. The minimum Gasteiger partial charge on any atom is -0.372 e. The fourth-order valence-electron chi connectivity index (χ4n) is 3.11. The van der Waals surface area contributed by atoms with Crippen LogP contribution in [0.2, 0.25) is 0 Å². The lowest BCUT2D eigenvalue weighted by atomic mass is 9.75. The van der Waals surface area contributed by atoms with Gasteiger partial charge in [0.05, 0.1) is 10.5 Å². The number of primary sulfonamides is 1. The Morgan fingerprint density at radius 1 is 1.21 bits per heavy atom. The third-order valence-electron chi connectivity index (χ3n) is 4.78. The first kappa shape index (κ1) is 19.0. The Labute approximate surface area is 140 Å². The molecule has 0 unspecified atom stereocenters. The standard InChI is InChI=1S/C15H22F3N3O2S/c1-20(2)14(7-4-8-14)10-21(3)13-6-5-11(24(19,22)23)9-12(13)15(16,17)18/h5-6,9H,4,7-8,10H2,1-3H3,(H2,19,22,23). The predicted octanol–water partition coefficient (Wildman–Crippen LogP) is 2.27. The van der Waals surface area contributed by atoms with E-state index in [9.17, 15) is 21.6 Å². The van der Waals surface area contributed by atoms with Crippen LogP contribution in [0.15, 0.2) is 23.1 Å². The molecule has 0 aliphatic heterocycles. The van der Waals surface area contributed by atoms with Gasteiger partial charge in [-0.3, -0.25) is 0 Å². The number of likely N-dealkylation sites (N-methyl/N-ethyl adjacent to an activating group) is 2. The Morgan fingerprint density at radius 3 is 2.17 bits per heavy atom. The van der Waals surface area contributed by atoms with Gasteiger partial charge in [-0.05, 0) is 51.6 Å². The van der Waals surface area contributed by atoms with Crippen LogP contribution in [0.3, 0.4) is 0 Å². The molecule has 0 aromatic heterocycles. The number of rotatable bonds is 5. The molecule has 0 amide bonds. The molecule has 9 heteroatoms. The van der Waals surface area contributed by atoms with Gasteiger partial charge in [0, 0.05) is 24.8 Å². The lowest BCUT2D eigenvalue weighted by Crippen LogP contribution is -2.56. The van der Waals surface area contributed by atoms with Crippen LogP contribution >= 0.6 is 0 Å². The van der Waals surface area contributed by atoms with E-state index in [1.54, 1.807) is 7.05 Å². The predicted molar refractivity (Wildman–Crippen MR) is 86.4 cm³/mol. The highest BCUT2D eigenvalue weighted by molar-refractivity contribution is 7.89. The Morgan fingerprint density at radius 2 is 1.79 bits per heavy atom. The van der Waals surface area contributed by atoms with Crippen molar-refractivity contribution in [1.29, 1.82) is 0 Å². The molecule has 0 atom stereocenters. The zero-order valence-electron chi connectivity index (χ0n) is 13.9. The van der Waals surface area contributed by atoms with E-state index in [1.807, 2.05) is 19.0 Å². The number of nitrogens with two attached hydrogens (primary N) is 1. The van der Waals surface area contributed by atoms with Gasteiger partial charge in [0.15, 0.2) is 0 Å². The molecule has 1 saturated carbocycles. The first-order valence-electron chi connectivity index (χ1n) is 7.49. The molecule has 0 saturated heterocycles. The Balaban J connectivity index is 2.42. The molecule has 0 radical (unpaired) electrons. The van der Waals surface area contributed by atoms with Crippen LogP contribution in [0.25, 0.3) is 0 Å². The number of halogens is 3. The fourth-order valence-corrected chi connectivity index (χ4v) is 3.65. The fraction of sp³-hybridized carbons (Fsp3) is 0.600. The maximum Gasteiger partial charge on any atom is 0.418 e. The average Bonchev–Trinajstić information content (AvgIpc) is 2.39. The van der Waals surface area contributed by atoms with E-state index in [-0.39, 0.29) is 11.2 Å². The number of benzene rings is 1. The maximum atomic E-state index is 13.4. The summed E-state index contributed by atoms with van der Waals surface area (Å²) in [6.07, 6.45) is -1.79. The Kier molecular flexibility index (Phi) is 4.91. The van der Waals surface area contributed by atoms with Crippen molar-refractivity contribution in [2.24, 2.45) is 5.14 Å². The summed E-state index contributed by atoms with van der Waals surface area (Å²) in [6.45, 7) is 0.428. The monoisotopic (exact) mass is 365 g/mol. The second-order valence-corrected chi connectivity index (χ2v) is 8.11. The number of hydrogen-bond donors (Lipinski definition) is 1. The smallest absolute Gasteiger partial charge is 0.372 e. The van der Waals surface area contributed by atoms with Crippen LogP contribution in [0.1, 0.15) is 24.8 Å². The topological polar surface area (TPSA) is 66.6 Å². The summed E-state index contributed by atoms with van der Waals surface area (Å²) < 4.78 is 62.9. The lowest BCUT2D eigenvalue weighted by molar-refractivity contribution is -0.137. The van der Waals surface area contributed by atoms with Crippen LogP contribution in [-0.2, 0) is 16.2 Å². The minimum absolute atomic E-state index is 0.0528. The number of alkyl halides is 3. The van der Waals surface area contributed by atoms with Crippen molar-refractivity contribution in [3.63, 3.8) is 0 Å². The van der Waals surface area contributed by atoms with Crippen molar-refractivity contribution in [1.82, 2.24) is 4.90 Å². The van der Waals surface area contributed by atoms with Gasteiger partial charge < -0.3 is 9.80 Å². The molecule has 1 aliphatic carbocycles. The summed E-state index contributed by atoms with van der Waals surface area (Å²) in [7, 11) is 1.23. The van der Waals surface area contributed by atoms with Crippen LogP contribution in [0, 0.1) is 0 Å². The molecular formula is C15H22F3N3O2S. The molecule has 1 aromatic rings. The van der Waals surface area contributed by atoms with E-state index in [0.717, 1.165) is 25.3 Å². The van der Waals surface area contributed by atoms with Gasteiger partial charge in [-0.25, -0.2) is 13.6 Å². The normalized spacial score (nSPS) is 17.7. The minimum atomic E-state index is -4.67. The van der Waals surface area contributed by atoms with Crippen molar-refractivity contribution in [2.75, 3.05) is 32.6 Å². The van der Waals surface area contributed by atoms with E-state index >= 15 is 0 Å². The molecule has 0 spiro atoms. The van der Waals surface area contributed by atoms with E-state index in [2.05, 4.69) is 0 Å². The van der Waals surface area contributed by atoms with Gasteiger partial charge in [-0.1, -0.05) is 0 Å². The molecule has 2 rings (SSSR count). The van der Waals surface area contributed by atoms with Crippen molar-refractivity contribution < 1.29 is 21.6 Å². The molecule has 0 heterocycles. The van der Waals surface area contributed by atoms with Crippen LogP contribution in [0.5, 0.6) is 0 Å². The molecule has 1 aromatic carbocycles. The number of hydrogen-bond acceptors (Lipinski definition) is 4. The second-order valence-electron chi connectivity index (χ2n) is 6.55. The van der Waals surface area contributed by atoms with Gasteiger partial charge in [0.25, 0.3) is 0 Å². The lowest BCUT2D eigenvalue weighted by Gasteiger charge is -2.49. The third kappa shape index (κ3) is 3.68. The van der Waals surface area contributed by atoms with Crippen molar-refractivity contribution in [3.8, 4) is 0 Å². The van der Waals surface area contributed by atoms with Crippen LogP contribution < -0.4 is 10.0 Å². The van der Waals surface area contributed by atoms with Gasteiger partial charge in [-0.15, -0.1) is 0 Å². The maximum absolute atomic E-state index is 13.4. The van der Waals surface area contributed by atoms with Gasteiger partial charge in [0.2, 0.25) is 10.0 Å². The summed E-state index contributed by atoms with van der Waals surface area (Å²) in [4.78, 5) is 3.03. The molecule has 136 valence electrons. The highest BCUT2D eigenvalue weighted by Gasteiger charge is 2.42. The zero-order chi connectivity index (χ0) is 18.3. The molecule has 1 fully saturated rings. The zero-order valence-corrected chi connectivity index (χ0v) is 14.7. The van der Waals surface area contributed by atoms with Crippen molar-refractivity contribution >= 4 is 15.7 Å². The first-order chi connectivity index (χ1) is 10.9. The summed E-state index contributed by atoms with van der Waals surface area (Å²) >= 11 is 0. The molecule has 0 bridgehead atoms. The number of sulfonamides is 1. The van der Waals surface area contributed by atoms with Crippen molar-refractivity contribution in [3.05, 3.63) is 23.8 Å². The van der Waals surface area contributed by atoms with Gasteiger partial charge in [-0.2, -0.15) is 13.2 Å². The summed E-state index contributed by atoms with van der Waals surface area (Å²) in [6, 6.07) is 2.88. The molecule has 5 nitrogen and oxygen atoms in total. The quantitative estimate of drug-likeness (QED) is 0.869. The number of nitrogens with zero attached hydrogens (tertiary/aromatic N) is 2. The van der Waals surface area contributed by atoms with Crippen molar-refractivity contribution in [2.45, 2.75) is 35.9 Å². The van der Waals surface area contributed by atoms with Crippen LogP contribution in [0.4, 0.5) is 18.9 Å².